The highest BCUT2D eigenvalue weighted by molar-refractivity contribution is 5.80. The van der Waals surface area contributed by atoms with E-state index in [0.29, 0.717) is 35.6 Å². The van der Waals surface area contributed by atoms with Gasteiger partial charge in [-0.2, -0.15) is 13.2 Å². The largest absolute Gasteiger partial charge is 0.462 e. The van der Waals surface area contributed by atoms with Gasteiger partial charge in [-0.1, -0.05) is 24.3 Å². The molecule has 1 saturated heterocycles. The van der Waals surface area contributed by atoms with Gasteiger partial charge in [0.1, 0.15) is 11.9 Å². The number of hydrogen-bond donors (Lipinski definition) is 0. The third-order valence-corrected chi connectivity index (χ3v) is 7.76. The number of aromatic nitrogens is 1. The first kappa shape index (κ1) is 22.8. The molecule has 0 bridgehead atoms. The lowest BCUT2D eigenvalue weighted by Gasteiger charge is -2.45. The molecule has 0 amide bonds. The lowest BCUT2D eigenvalue weighted by atomic mass is 9.57. The van der Waals surface area contributed by atoms with Crippen molar-refractivity contribution in [3.05, 3.63) is 59.9 Å². The van der Waals surface area contributed by atoms with E-state index in [1.54, 1.807) is 24.4 Å². The van der Waals surface area contributed by atoms with Crippen LogP contribution in [0.25, 0.3) is 17.2 Å². The van der Waals surface area contributed by atoms with Gasteiger partial charge in [-0.05, 0) is 67.4 Å². The predicted octanol–water partition coefficient (Wildman–Crippen LogP) is 5.96. The van der Waals surface area contributed by atoms with Crippen LogP contribution < -0.4 is 0 Å². The van der Waals surface area contributed by atoms with Crippen molar-refractivity contribution in [2.45, 2.75) is 44.9 Å². The Labute approximate surface area is 196 Å². The molecule has 4 nitrogen and oxygen atoms in total. The summed E-state index contributed by atoms with van der Waals surface area (Å²) in [6.07, 6.45) is 3.70. The molecule has 3 aliphatic rings. The van der Waals surface area contributed by atoms with Gasteiger partial charge >= 0.3 is 12.1 Å². The van der Waals surface area contributed by atoms with Crippen LogP contribution in [0.3, 0.4) is 0 Å². The molecule has 2 aliphatic carbocycles. The molecule has 1 aromatic carbocycles. The van der Waals surface area contributed by atoms with Crippen LogP contribution in [0.15, 0.2) is 48.7 Å². The van der Waals surface area contributed by atoms with E-state index in [4.69, 9.17) is 4.74 Å². The molecule has 0 N–H and O–H groups in total. The standard InChI is InChI=1S/C27H26F3NO3/c1-15-25-23(22-10-8-21(32)12-18(22)13-24(25)26(33)34-15)9-7-20-6-5-17(14-31-20)16-3-2-4-19(11-16)27(28,29)30/h2-7,9,11,14-15,18,22-25H,8,10,12-13H2,1H3/b9-7+/t15-,18+,22-,23?,24-,25+/m1/s1. The number of nitrogens with zero attached hydrogens (tertiary/aromatic N) is 1. The summed E-state index contributed by atoms with van der Waals surface area (Å²) in [6, 6.07) is 8.75. The molecule has 2 heterocycles. The Hall–Kier alpha value is -2.96. The van der Waals surface area contributed by atoms with E-state index in [-0.39, 0.29) is 41.5 Å². The Kier molecular flexibility index (Phi) is 5.82. The summed E-state index contributed by atoms with van der Waals surface area (Å²) in [5.74, 6) is 0.672. The van der Waals surface area contributed by atoms with Crippen molar-refractivity contribution in [2.75, 3.05) is 0 Å². The van der Waals surface area contributed by atoms with Crippen molar-refractivity contribution < 1.29 is 27.5 Å². The second kappa shape index (κ2) is 8.67. The summed E-state index contributed by atoms with van der Waals surface area (Å²) in [4.78, 5) is 28.9. The molecule has 3 fully saturated rings. The highest BCUT2D eigenvalue weighted by Crippen LogP contribution is 2.53. The number of hydrogen-bond acceptors (Lipinski definition) is 4. The minimum atomic E-state index is -4.39. The molecule has 1 aromatic heterocycles. The number of cyclic esters (lactones) is 1. The Balaban J connectivity index is 1.38. The summed E-state index contributed by atoms with van der Waals surface area (Å²) in [7, 11) is 0. The number of fused-ring (bicyclic) bond motifs is 2. The number of ether oxygens (including phenoxy) is 1. The van der Waals surface area contributed by atoms with Crippen LogP contribution in [0.4, 0.5) is 13.2 Å². The SMILES string of the molecule is C[C@H]1OC(=O)[C@@H]2C[C@@H]3CC(=O)CC[C@H]3C(/C=C/c3ccc(-c4cccc(C(F)(F)F)c4)cn3)[C@H]12. The monoisotopic (exact) mass is 469 g/mol. The zero-order valence-corrected chi connectivity index (χ0v) is 18.8. The van der Waals surface area contributed by atoms with Gasteiger partial charge in [-0.25, -0.2) is 0 Å². The minimum absolute atomic E-state index is 0.0857. The molecule has 0 radical (unpaired) electrons. The number of esters is 1. The van der Waals surface area contributed by atoms with E-state index in [1.807, 2.05) is 13.0 Å². The maximum atomic E-state index is 13.0. The molecule has 2 aromatic rings. The van der Waals surface area contributed by atoms with Crippen LogP contribution in [0, 0.1) is 29.6 Å². The fourth-order valence-electron chi connectivity index (χ4n) is 6.18. The van der Waals surface area contributed by atoms with Gasteiger partial charge in [0.15, 0.2) is 0 Å². The summed E-state index contributed by atoms with van der Waals surface area (Å²) >= 11 is 0. The van der Waals surface area contributed by atoms with Crippen LogP contribution in [-0.4, -0.2) is 22.8 Å². The number of carbonyl (C=O) groups is 2. The van der Waals surface area contributed by atoms with Crippen molar-refractivity contribution in [3.63, 3.8) is 0 Å². The normalized spacial score (nSPS) is 31.3. The molecule has 0 spiro atoms. The maximum absolute atomic E-state index is 13.0. The van der Waals surface area contributed by atoms with Gasteiger partial charge in [-0.3, -0.25) is 14.6 Å². The lowest BCUT2D eigenvalue weighted by Crippen LogP contribution is -2.44. The second-order valence-electron chi connectivity index (χ2n) is 9.75. The Morgan fingerprint density at radius 1 is 1.12 bits per heavy atom. The van der Waals surface area contributed by atoms with Gasteiger partial charge in [0, 0.05) is 30.5 Å². The fraction of sp³-hybridized carbons (Fsp3) is 0.444. The number of halogens is 3. The van der Waals surface area contributed by atoms with Gasteiger partial charge in [-0.15, -0.1) is 0 Å². The summed E-state index contributed by atoms with van der Waals surface area (Å²) in [6.45, 7) is 1.94. The number of carbonyl (C=O) groups excluding carboxylic acids is 2. The first-order valence-electron chi connectivity index (χ1n) is 11.7. The van der Waals surface area contributed by atoms with Crippen LogP contribution >= 0.6 is 0 Å². The van der Waals surface area contributed by atoms with E-state index < -0.39 is 11.7 Å². The number of rotatable bonds is 3. The topological polar surface area (TPSA) is 56.3 Å². The molecule has 1 unspecified atom stereocenters. The number of Topliss-reactive ketones (excluding diaryl/α,β-unsaturated/α-hetero) is 1. The average Bonchev–Trinajstić information content (AvgIpc) is 3.09. The molecule has 5 rings (SSSR count). The first-order chi connectivity index (χ1) is 16.2. The van der Waals surface area contributed by atoms with Gasteiger partial charge in [0.25, 0.3) is 0 Å². The van der Waals surface area contributed by atoms with Crippen LogP contribution in [0.5, 0.6) is 0 Å². The number of allylic oxidation sites excluding steroid dienone is 1. The van der Waals surface area contributed by atoms with Crippen molar-refractivity contribution >= 4 is 17.8 Å². The van der Waals surface area contributed by atoms with E-state index in [1.165, 1.54) is 6.07 Å². The molecule has 34 heavy (non-hydrogen) atoms. The summed E-state index contributed by atoms with van der Waals surface area (Å²) in [5.41, 5.74) is 1.07. The first-order valence-corrected chi connectivity index (χ1v) is 11.7. The fourth-order valence-corrected chi connectivity index (χ4v) is 6.18. The Morgan fingerprint density at radius 2 is 1.94 bits per heavy atom. The highest BCUT2D eigenvalue weighted by Gasteiger charge is 2.54. The van der Waals surface area contributed by atoms with E-state index in [9.17, 15) is 22.8 Å². The molecule has 7 heteroatoms. The zero-order valence-electron chi connectivity index (χ0n) is 18.8. The van der Waals surface area contributed by atoms with Gasteiger partial charge in [0.2, 0.25) is 0 Å². The second-order valence-corrected chi connectivity index (χ2v) is 9.75. The predicted molar refractivity (Wildman–Crippen MR) is 120 cm³/mol. The van der Waals surface area contributed by atoms with E-state index in [2.05, 4.69) is 11.1 Å². The Bertz CT molecular complexity index is 1120. The lowest BCUT2D eigenvalue weighted by molar-refractivity contribution is -0.145. The highest BCUT2D eigenvalue weighted by atomic mass is 19.4. The van der Waals surface area contributed by atoms with Crippen molar-refractivity contribution in [3.8, 4) is 11.1 Å². The maximum Gasteiger partial charge on any atom is 0.416 e. The summed E-state index contributed by atoms with van der Waals surface area (Å²) < 4.78 is 44.7. The average molecular weight is 470 g/mol. The number of pyridine rings is 1. The van der Waals surface area contributed by atoms with Crippen molar-refractivity contribution in [2.24, 2.45) is 29.6 Å². The molecular weight excluding hydrogens is 443 g/mol. The zero-order chi connectivity index (χ0) is 24.0. The van der Waals surface area contributed by atoms with Crippen molar-refractivity contribution in [1.82, 2.24) is 4.98 Å². The minimum Gasteiger partial charge on any atom is -0.462 e. The Morgan fingerprint density at radius 3 is 2.68 bits per heavy atom. The third-order valence-electron chi connectivity index (χ3n) is 7.76. The quantitative estimate of drug-likeness (QED) is 0.520. The number of benzene rings is 1. The molecule has 178 valence electrons. The van der Waals surface area contributed by atoms with Crippen LogP contribution in [-0.2, 0) is 20.5 Å². The smallest absolute Gasteiger partial charge is 0.416 e. The molecule has 2 saturated carbocycles. The summed E-state index contributed by atoms with van der Waals surface area (Å²) in [5, 5.41) is 0. The van der Waals surface area contributed by atoms with Crippen molar-refractivity contribution in [1.29, 1.82) is 0 Å². The van der Waals surface area contributed by atoms with Crippen LogP contribution in [0.2, 0.25) is 0 Å². The third kappa shape index (κ3) is 4.28. The van der Waals surface area contributed by atoms with Gasteiger partial charge < -0.3 is 4.74 Å². The number of alkyl halides is 3. The van der Waals surface area contributed by atoms with Crippen LogP contribution in [0.1, 0.15) is 43.9 Å². The molecule has 1 aliphatic heterocycles. The van der Waals surface area contributed by atoms with E-state index >= 15 is 0 Å². The molecular formula is C27H26F3NO3. The molecule has 6 atom stereocenters. The van der Waals surface area contributed by atoms with E-state index in [0.717, 1.165) is 25.0 Å². The number of ketones is 1. The van der Waals surface area contributed by atoms with Gasteiger partial charge in [0.05, 0.1) is 17.2 Å².